The Morgan fingerprint density at radius 2 is 1.93 bits per heavy atom. The van der Waals surface area contributed by atoms with Crippen molar-refractivity contribution in [3.8, 4) is 5.75 Å². The van der Waals surface area contributed by atoms with Crippen molar-refractivity contribution < 1.29 is 9.53 Å². The first-order valence-electron chi connectivity index (χ1n) is 8.38. The molecule has 0 saturated carbocycles. The van der Waals surface area contributed by atoms with Crippen LogP contribution in [0.5, 0.6) is 5.75 Å². The average molecular weight is 378 g/mol. The molecule has 0 bridgehead atoms. The molecule has 1 aliphatic heterocycles. The minimum Gasteiger partial charge on any atom is -0.497 e. The first kappa shape index (κ1) is 17.2. The fourth-order valence-corrected chi connectivity index (χ4v) is 3.78. The number of hydrogen-bond donors (Lipinski definition) is 0. The van der Waals surface area contributed by atoms with E-state index in [4.69, 9.17) is 4.74 Å². The standard InChI is InChI=1S/C20H18N4O2S/c1-23(2)12-15-18(13-7-5-4-6-8-13)22-24(19(15)25)20-21-16-10-9-14(26-3)11-17(16)27-20/h4-12H,1-3H3/b15-12+. The molecule has 4 rings (SSSR count). The minimum atomic E-state index is -0.187. The van der Waals surface area contributed by atoms with Gasteiger partial charge in [0, 0.05) is 25.9 Å². The Labute approximate surface area is 161 Å². The number of nitrogens with zero attached hydrogens (tertiary/aromatic N) is 4. The smallest absolute Gasteiger partial charge is 0.284 e. The third-order valence-corrected chi connectivity index (χ3v) is 5.07. The summed E-state index contributed by atoms with van der Waals surface area (Å²) >= 11 is 1.41. The molecule has 6 nitrogen and oxygen atoms in total. The number of methoxy groups -OCH3 is 1. The Kier molecular flexibility index (Phi) is 4.37. The molecule has 1 aromatic heterocycles. The van der Waals surface area contributed by atoms with Crippen molar-refractivity contribution in [2.45, 2.75) is 0 Å². The molecular formula is C20H18N4O2S. The molecule has 0 saturated heterocycles. The van der Waals surface area contributed by atoms with Crippen LogP contribution in [0.1, 0.15) is 5.56 Å². The Hall–Kier alpha value is -3.19. The molecule has 1 aliphatic rings. The number of rotatable bonds is 4. The quantitative estimate of drug-likeness (QED) is 0.652. The van der Waals surface area contributed by atoms with Crippen molar-refractivity contribution in [1.82, 2.24) is 9.88 Å². The van der Waals surface area contributed by atoms with E-state index >= 15 is 0 Å². The number of ether oxygens (including phenoxy) is 1. The highest BCUT2D eigenvalue weighted by molar-refractivity contribution is 7.22. The Morgan fingerprint density at radius 3 is 2.63 bits per heavy atom. The SMILES string of the molecule is COc1ccc2nc(N3N=C(c4ccccc4)/C(=C\N(C)C)C3=O)sc2c1. The van der Waals surface area contributed by atoms with Crippen LogP contribution in [-0.2, 0) is 4.79 Å². The largest absolute Gasteiger partial charge is 0.497 e. The van der Waals surface area contributed by atoms with Crippen LogP contribution >= 0.6 is 11.3 Å². The van der Waals surface area contributed by atoms with Gasteiger partial charge in [-0.15, -0.1) is 0 Å². The molecule has 2 aromatic carbocycles. The van der Waals surface area contributed by atoms with E-state index in [2.05, 4.69) is 10.1 Å². The van der Waals surface area contributed by atoms with Crippen LogP contribution in [0.4, 0.5) is 5.13 Å². The topological polar surface area (TPSA) is 58.0 Å². The lowest BCUT2D eigenvalue weighted by atomic mass is 10.0. The van der Waals surface area contributed by atoms with Crippen LogP contribution in [0.3, 0.4) is 0 Å². The van der Waals surface area contributed by atoms with Gasteiger partial charge in [0.2, 0.25) is 5.13 Å². The van der Waals surface area contributed by atoms with E-state index in [0.29, 0.717) is 16.4 Å². The molecule has 0 fully saturated rings. The van der Waals surface area contributed by atoms with Gasteiger partial charge in [-0.3, -0.25) is 4.79 Å². The number of thiazole rings is 1. The number of anilines is 1. The zero-order valence-corrected chi connectivity index (χ0v) is 16.0. The predicted molar refractivity (Wildman–Crippen MR) is 108 cm³/mol. The molecule has 3 aromatic rings. The summed E-state index contributed by atoms with van der Waals surface area (Å²) in [6.45, 7) is 0. The zero-order valence-electron chi connectivity index (χ0n) is 15.2. The van der Waals surface area contributed by atoms with E-state index in [1.807, 2.05) is 67.5 Å². The van der Waals surface area contributed by atoms with Crippen LogP contribution in [0.25, 0.3) is 10.2 Å². The maximum absolute atomic E-state index is 13.1. The summed E-state index contributed by atoms with van der Waals surface area (Å²) in [5.74, 6) is 0.570. The Bertz CT molecular complexity index is 1070. The van der Waals surface area contributed by atoms with Crippen molar-refractivity contribution >= 4 is 38.3 Å². The van der Waals surface area contributed by atoms with Gasteiger partial charge in [0.05, 0.1) is 22.9 Å². The monoisotopic (exact) mass is 378 g/mol. The van der Waals surface area contributed by atoms with E-state index in [9.17, 15) is 4.79 Å². The molecule has 0 N–H and O–H groups in total. The number of aromatic nitrogens is 1. The minimum absolute atomic E-state index is 0.187. The van der Waals surface area contributed by atoms with E-state index < -0.39 is 0 Å². The normalized spacial score (nSPS) is 15.5. The Balaban J connectivity index is 1.81. The first-order chi connectivity index (χ1) is 13.1. The second-order valence-corrected chi connectivity index (χ2v) is 7.28. The molecule has 0 spiro atoms. The summed E-state index contributed by atoms with van der Waals surface area (Å²) in [6.07, 6.45) is 1.80. The van der Waals surface area contributed by atoms with Crippen molar-refractivity contribution in [3.05, 3.63) is 65.9 Å². The molecule has 0 radical (unpaired) electrons. The van der Waals surface area contributed by atoms with Gasteiger partial charge in [-0.25, -0.2) is 4.98 Å². The fourth-order valence-electron chi connectivity index (χ4n) is 2.84. The molecule has 7 heteroatoms. The number of benzene rings is 2. The number of hydrogen-bond acceptors (Lipinski definition) is 6. The Morgan fingerprint density at radius 1 is 1.15 bits per heavy atom. The number of hydrazone groups is 1. The van der Waals surface area contributed by atoms with Gasteiger partial charge < -0.3 is 9.64 Å². The fraction of sp³-hybridized carbons (Fsp3) is 0.150. The lowest BCUT2D eigenvalue weighted by Crippen LogP contribution is -2.22. The van der Waals surface area contributed by atoms with Gasteiger partial charge in [0.15, 0.2) is 0 Å². The molecule has 0 atom stereocenters. The maximum Gasteiger partial charge on any atom is 0.284 e. The molecule has 0 aliphatic carbocycles. The van der Waals surface area contributed by atoms with Crippen LogP contribution in [0, 0.1) is 0 Å². The van der Waals surface area contributed by atoms with Gasteiger partial charge in [-0.2, -0.15) is 10.1 Å². The van der Waals surface area contributed by atoms with Crippen molar-refractivity contribution in [2.24, 2.45) is 5.10 Å². The highest BCUT2D eigenvalue weighted by Crippen LogP contribution is 2.34. The molecular weight excluding hydrogens is 360 g/mol. The number of fused-ring (bicyclic) bond motifs is 1. The van der Waals surface area contributed by atoms with Gasteiger partial charge in [-0.1, -0.05) is 41.7 Å². The summed E-state index contributed by atoms with van der Waals surface area (Å²) in [7, 11) is 5.40. The highest BCUT2D eigenvalue weighted by atomic mass is 32.1. The lowest BCUT2D eigenvalue weighted by molar-refractivity contribution is -0.114. The third-order valence-electron chi connectivity index (χ3n) is 4.08. The van der Waals surface area contributed by atoms with Crippen molar-refractivity contribution in [2.75, 3.05) is 26.2 Å². The molecule has 2 heterocycles. The van der Waals surface area contributed by atoms with Crippen LogP contribution in [0.15, 0.2) is 65.4 Å². The number of amides is 1. The lowest BCUT2D eigenvalue weighted by Gasteiger charge is -2.09. The summed E-state index contributed by atoms with van der Waals surface area (Å²) in [4.78, 5) is 19.5. The van der Waals surface area contributed by atoms with Gasteiger partial charge in [-0.05, 0) is 18.2 Å². The third kappa shape index (κ3) is 3.17. The van der Waals surface area contributed by atoms with Crippen LogP contribution < -0.4 is 9.75 Å². The predicted octanol–water partition coefficient (Wildman–Crippen LogP) is 3.50. The van der Waals surface area contributed by atoms with E-state index in [1.165, 1.54) is 16.3 Å². The van der Waals surface area contributed by atoms with Gasteiger partial charge in [0.1, 0.15) is 11.5 Å². The molecule has 1 amide bonds. The van der Waals surface area contributed by atoms with Crippen molar-refractivity contribution in [1.29, 1.82) is 0 Å². The van der Waals surface area contributed by atoms with Crippen LogP contribution in [-0.4, -0.2) is 42.7 Å². The summed E-state index contributed by atoms with van der Waals surface area (Å²) in [5, 5.41) is 6.53. The van der Waals surface area contributed by atoms with Gasteiger partial charge in [0.25, 0.3) is 5.91 Å². The first-order valence-corrected chi connectivity index (χ1v) is 9.20. The molecule has 27 heavy (non-hydrogen) atoms. The second-order valence-electron chi connectivity index (χ2n) is 6.27. The van der Waals surface area contributed by atoms with E-state index in [-0.39, 0.29) is 5.91 Å². The summed E-state index contributed by atoms with van der Waals surface area (Å²) < 4.78 is 6.21. The van der Waals surface area contributed by atoms with Gasteiger partial charge >= 0.3 is 0 Å². The highest BCUT2D eigenvalue weighted by Gasteiger charge is 2.34. The molecule has 0 unspecified atom stereocenters. The number of carbonyl (C=O) groups is 1. The van der Waals surface area contributed by atoms with Crippen molar-refractivity contribution in [3.63, 3.8) is 0 Å². The maximum atomic E-state index is 13.1. The van der Waals surface area contributed by atoms with Crippen LogP contribution in [0.2, 0.25) is 0 Å². The summed E-state index contributed by atoms with van der Waals surface area (Å²) in [5.41, 5.74) is 2.89. The summed E-state index contributed by atoms with van der Waals surface area (Å²) in [6, 6.07) is 15.3. The zero-order chi connectivity index (χ0) is 19.0. The van der Waals surface area contributed by atoms with E-state index in [0.717, 1.165) is 21.5 Å². The molecule has 136 valence electrons. The number of carbonyl (C=O) groups excluding carboxylic acids is 1. The van der Waals surface area contributed by atoms with E-state index in [1.54, 1.807) is 13.3 Å². The second kappa shape index (κ2) is 6.85. The average Bonchev–Trinajstić information content (AvgIpc) is 3.23.